The molecule has 0 saturated heterocycles. The van der Waals surface area contributed by atoms with E-state index >= 15 is 0 Å². The van der Waals surface area contributed by atoms with Gasteiger partial charge < -0.3 is 5.73 Å². The van der Waals surface area contributed by atoms with Crippen LogP contribution in [0.1, 0.15) is 18.2 Å². The number of amides is 1. The predicted molar refractivity (Wildman–Crippen MR) is 50.8 cm³/mol. The van der Waals surface area contributed by atoms with Crippen molar-refractivity contribution in [1.29, 1.82) is 0 Å². The van der Waals surface area contributed by atoms with Gasteiger partial charge in [-0.05, 0) is 13.8 Å². The Morgan fingerprint density at radius 2 is 2.31 bits per heavy atom. The van der Waals surface area contributed by atoms with Crippen LogP contribution in [0.15, 0.2) is 12.3 Å². The summed E-state index contributed by atoms with van der Waals surface area (Å²) in [5.41, 5.74) is 7.35. The van der Waals surface area contributed by atoms with Gasteiger partial charge in [-0.1, -0.05) is 6.08 Å². The Labute approximate surface area is 77.0 Å². The minimum absolute atomic E-state index is 0.418. The van der Waals surface area contributed by atoms with Crippen LogP contribution in [0.2, 0.25) is 0 Å². The Balaban J connectivity index is 3.20. The highest BCUT2D eigenvalue weighted by Gasteiger charge is 2.12. The van der Waals surface area contributed by atoms with E-state index in [1.807, 2.05) is 14.0 Å². The van der Waals surface area contributed by atoms with Crippen LogP contribution >= 0.6 is 0 Å². The molecule has 0 unspecified atom stereocenters. The maximum absolute atomic E-state index is 11.0. The van der Waals surface area contributed by atoms with E-state index in [2.05, 4.69) is 5.10 Å². The summed E-state index contributed by atoms with van der Waals surface area (Å²) in [6.45, 7) is 3.63. The van der Waals surface area contributed by atoms with Crippen molar-refractivity contribution in [3.8, 4) is 0 Å². The lowest BCUT2D eigenvalue weighted by Gasteiger charge is -1.98. The molecule has 4 nitrogen and oxygen atoms in total. The van der Waals surface area contributed by atoms with E-state index in [0.29, 0.717) is 5.57 Å². The number of carbonyl (C=O) groups excluding carboxylic acids is 1. The van der Waals surface area contributed by atoms with Crippen molar-refractivity contribution in [2.45, 2.75) is 13.8 Å². The molecule has 4 heteroatoms. The normalized spacial score (nSPS) is 11.8. The first-order chi connectivity index (χ1) is 6.06. The van der Waals surface area contributed by atoms with Gasteiger partial charge in [-0.2, -0.15) is 5.10 Å². The number of primary amides is 1. The summed E-state index contributed by atoms with van der Waals surface area (Å²) < 4.78 is 1.66. The van der Waals surface area contributed by atoms with Gasteiger partial charge in [0.1, 0.15) is 0 Å². The molecule has 0 aliphatic carbocycles. The first-order valence-electron chi connectivity index (χ1n) is 4.03. The SMILES string of the molecule is C/C=C(/C(N)=O)c1cn(C)nc1C. The second-order valence-electron chi connectivity index (χ2n) is 2.87. The molecular formula is C9H13N3O. The van der Waals surface area contributed by atoms with Gasteiger partial charge in [-0.3, -0.25) is 9.48 Å². The smallest absolute Gasteiger partial charge is 0.249 e. The molecule has 70 valence electrons. The average molecular weight is 179 g/mol. The number of aryl methyl sites for hydroxylation is 2. The van der Waals surface area contributed by atoms with E-state index < -0.39 is 5.91 Å². The zero-order valence-corrected chi connectivity index (χ0v) is 8.03. The topological polar surface area (TPSA) is 60.9 Å². The van der Waals surface area contributed by atoms with Crippen molar-refractivity contribution in [3.63, 3.8) is 0 Å². The molecule has 0 radical (unpaired) electrons. The third kappa shape index (κ3) is 1.77. The molecule has 0 fully saturated rings. The summed E-state index contributed by atoms with van der Waals surface area (Å²) in [5.74, 6) is -0.418. The number of rotatable bonds is 2. The van der Waals surface area contributed by atoms with E-state index in [0.717, 1.165) is 11.3 Å². The minimum atomic E-state index is -0.418. The third-order valence-electron chi connectivity index (χ3n) is 1.86. The van der Waals surface area contributed by atoms with Crippen LogP contribution in [0.25, 0.3) is 5.57 Å². The standard InChI is InChI=1S/C9H13N3O/c1-4-7(9(10)13)8-5-12(3)11-6(8)2/h4-5H,1-3H3,(H2,10,13)/b7-4+. The number of hydrogen-bond acceptors (Lipinski definition) is 2. The maximum Gasteiger partial charge on any atom is 0.249 e. The largest absolute Gasteiger partial charge is 0.366 e. The van der Waals surface area contributed by atoms with Crippen molar-refractivity contribution < 1.29 is 4.79 Å². The highest BCUT2D eigenvalue weighted by molar-refractivity contribution is 6.18. The molecule has 13 heavy (non-hydrogen) atoms. The number of nitrogens with two attached hydrogens (primary N) is 1. The Kier molecular flexibility index (Phi) is 2.51. The number of nitrogens with zero attached hydrogens (tertiary/aromatic N) is 2. The van der Waals surface area contributed by atoms with E-state index in [-0.39, 0.29) is 0 Å². The van der Waals surface area contributed by atoms with Crippen LogP contribution in [0.3, 0.4) is 0 Å². The maximum atomic E-state index is 11.0. The van der Waals surface area contributed by atoms with Crippen LogP contribution in [0.4, 0.5) is 0 Å². The lowest BCUT2D eigenvalue weighted by atomic mass is 10.1. The van der Waals surface area contributed by atoms with Crippen molar-refractivity contribution in [2.75, 3.05) is 0 Å². The molecule has 0 saturated carbocycles. The molecule has 1 heterocycles. The predicted octanol–water partition coefficient (Wildman–Crippen LogP) is 0.617. The van der Waals surface area contributed by atoms with E-state index in [9.17, 15) is 4.79 Å². The van der Waals surface area contributed by atoms with E-state index in [4.69, 9.17) is 5.73 Å². The fourth-order valence-corrected chi connectivity index (χ4v) is 1.29. The van der Waals surface area contributed by atoms with E-state index in [1.54, 1.807) is 23.9 Å². The monoisotopic (exact) mass is 179 g/mol. The molecule has 0 aliphatic rings. The van der Waals surface area contributed by atoms with Crippen LogP contribution < -0.4 is 5.73 Å². The van der Waals surface area contributed by atoms with Crippen molar-refractivity contribution in [2.24, 2.45) is 12.8 Å². The zero-order valence-electron chi connectivity index (χ0n) is 8.03. The van der Waals surface area contributed by atoms with Crippen LogP contribution in [-0.4, -0.2) is 15.7 Å². The molecule has 0 spiro atoms. The Morgan fingerprint density at radius 3 is 2.62 bits per heavy atom. The van der Waals surface area contributed by atoms with Gasteiger partial charge in [0.05, 0.1) is 5.69 Å². The zero-order chi connectivity index (χ0) is 10.0. The number of allylic oxidation sites excluding steroid dienone is 1. The molecule has 1 amide bonds. The molecule has 1 rings (SSSR count). The summed E-state index contributed by atoms with van der Waals surface area (Å²) in [4.78, 5) is 11.0. The van der Waals surface area contributed by atoms with Gasteiger partial charge >= 0.3 is 0 Å². The Bertz CT molecular complexity index is 363. The van der Waals surface area contributed by atoms with Crippen molar-refractivity contribution in [3.05, 3.63) is 23.5 Å². The Hall–Kier alpha value is -1.58. The second-order valence-corrected chi connectivity index (χ2v) is 2.87. The van der Waals surface area contributed by atoms with Gasteiger partial charge in [0.2, 0.25) is 5.91 Å². The molecule has 0 aliphatic heterocycles. The van der Waals surface area contributed by atoms with Gasteiger partial charge in [0, 0.05) is 24.4 Å². The molecule has 2 N–H and O–H groups in total. The van der Waals surface area contributed by atoms with Crippen LogP contribution in [0.5, 0.6) is 0 Å². The summed E-state index contributed by atoms with van der Waals surface area (Å²) in [5, 5.41) is 4.13. The molecule has 1 aromatic heterocycles. The summed E-state index contributed by atoms with van der Waals surface area (Å²) in [6.07, 6.45) is 3.49. The first kappa shape index (κ1) is 9.51. The fourth-order valence-electron chi connectivity index (χ4n) is 1.29. The highest BCUT2D eigenvalue weighted by atomic mass is 16.1. The van der Waals surface area contributed by atoms with Gasteiger partial charge in [-0.15, -0.1) is 0 Å². The fraction of sp³-hybridized carbons (Fsp3) is 0.333. The molecule has 1 aromatic rings. The number of carbonyl (C=O) groups is 1. The van der Waals surface area contributed by atoms with Crippen LogP contribution in [-0.2, 0) is 11.8 Å². The van der Waals surface area contributed by atoms with E-state index in [1.165, 1.54) is 0 Å². The lowest BCUT2D eigenvalue weighted by molar-refractivity contribution is -0.112. The lowest BCUT2D eigenvalue weighted by Crippen LogP contribution is -2.12. The summed E-state index contributed by atoms with van der Waals surface area (Å²) >= 11 is 0. The molecular weight excluding hydrogens is 166 g/mol. The average Bonchev–Trinajstić information content (AvgIpc) is 2.31. The Morgan fingerprint density at radius 1 is 1.69 bits per heavy atom. The van der Waals surface area contributed by atoms with Crippen molar-refractivity contribution >= 4 is 11.5 Å². The molecule has 0 aromatic carbocycles. The van der Waals surface area contributed by atoms with Gasteiger partial charge in [-0.25, -0.2) is 0 Å². The minimum Gasteiger partial charge on any atom is -0.366 e. The molecule has 0 atom stereocenters. The summed E-state index contributed by atoms with van der Waals surface area (Å²) in [7, 11) is 1.81. The van der Waals surface area contributed by atoms with Crippen LogP contribution in [0, 0.1) is 6.92 Å². The summed E-state index contributed by atoms with van der Waals surface area (Å²) in [6, 6.07) is 0. The van der Waals surface area contributed by atoms with Gasteiger partial charge in [0.25, 0.3) is 0 Å². The van der Waals surface area contributed by atoms with Crippen molar-refractivity contribution in [1.82, 2.24) is 9.78 Å². The third-order valence-corrected chi connectivity index (χ3v) is 1.86. The van der Waals surface area contributed by atoms with Gasteiger partial charge in [0.15, 0.2) is 0 Å². The molecule has 0 bridgehead atoms. The number of aromatic nitrogens is 2. The quantitative estimate of drug-likeness (QED) is 0.676. The number of hydrogen-bond donors (Lipinski definition) is 1. The first-order valence-corrected chi connectivity index (χ1v) is 4.03. The highest BCUT2D eigenvalue weighted by Crippen LogP contribution is 2.16. The second kappa shape index (κ2) is 3.43.